The van der Waals surface area contributed by atoms with Crippen LogP contribution in [0.1, 0.15) is 24.1 Å². The van der Waals surface area contributed by atoms with Crippen LogP contribution in [-0.2, 0) is 0 Å². The van der Waals surface area contributed by atoms with E-state index in [9.17, 15) is 5.11 Å². The Balaban J connectivity index is 2.30. The maximum atomic E-state index is 9.96. The first kappa shape index (κ1) is 13.8. The number of hydrogen-bond acceptors (Lipinski definition) is 2. The molecule has 0 aromatic heterocycles. The molecule has 0 radical (unpaired) electrons. The molecule has 0 saturated heterocycles. The van der Waals surface area contributed by atoms with Crippen LogP contribution in [0.25, 0.3) is 0 Å². The summed E-state index contributed by atoms with van der Waals surface area (Å²) in [6.45, 7) is 4.11. The fourth-order valence-electron chi connectivity index (χ4n) is 2.07. The molecular weight excluding hydrogens is 258 g/mol. The van der Waals surface area contributed by atoms with Gasteiger partial charge in [-0.3, -0.25) is 0 Å². The number of nitrogens with zero attached hydrogens (tertiary/aromatic N) is 1. The van der Waals surface area contributed by atoms with E-state index in [-0.39, 0.29) is 11.8 Å². The van der Waals surface area contributed by atoms with Crippen molar-refractivity contribution in [2.24, 2.45) is 0 Å². The van der Waals surface area contributed by atoms with Crippen LogP contribution >= 0.6 is 11.6 Å². The van der Waals surface area contributed by atoms with Crippen molar-refractivity contribution < 1.29 is 5.11 Å². The summed E-state index contributed by atoms with van der Waals surface area (Å²) in [5.41, 5.74) is 3.17. The van der Waals surface area contributed by atoms with Crippen LogP contribution in [0.3, 0.4) is 0 Å². The van der Waals surface area contributed by atoms with E-state index in [1.165, 1.54) is 5.56 Å². The molecule has 19 heavy (non-hydrogen) atoms. The Bertz CT molecular complexity index is 565. The van der Waals surface area contributed by atoms with Gasteiger partial charge in [-0.25, -0.2) is 0 Å². The lowest BCUT2D eigenvalue weighted by atomic mass is 10.1. The van der Waals surface area contributed by atoms with Gasteiger partial charge in [0, 0.05) is 23.3 Å². The lowest BCUT2D eigenvalue weighted by molar-refractivity contribution is 0.462. The zero-order chi connectivity index (χ0) is 14.0. The summed E-state index contributed by atoms with van der Waals surface area (Å²) in [6.07, 6.45) is 0. The quantitative estimate of drug-likeness (QED) is 0.888. The summed E-state index contributed by atoms with van der Waals surface area (Å²) in [6, 6.07) is 13.5. The van der Waals surface area contributed by atoms with Crippen LogP contribution in [0, 0.1) is 6.92 Å². The maximum Gasteiger partial charge on any atom is 0.120 e. The van der Waals surface area contributed by atoms with E-state index in [2.05, 4.69) is 36.1 Å². The highest BCUT2D eigenvalue weighted by molar-refractivity contribution is 6.30. The van der Waals surface area contributed by atoms with Crippen molar-refractivity contribution >= 4 is 17.3 Å². The minimum atomic E-state index is 0.0430. The molecule has 1 atom stereocenters. The van der Waals surface area contributed by atoms with E-state index in [1.807, 2.05) is 20.0 Å². The van der Waals surface area contributed by atoms with Gasteiger partial charge in [-0.15, -0.1) is 0 Å². The largest absolute Gasteiger partial charge is 0.508 e. The molecule has 2 nitrogen and oxygen atoms in total. The summed E-state index contributed by atoms with van der Waals surface area (Å²) in [5, 5.41) is 10.6. The van der Waals surface area contributed by atoms with E-state index >= 15 is 0 Å². The number of phenols is 1. The molecule has 0 spiro atoms. The fourth-order valence-corrected chi connectivity index (χ4v) is 2.25. The molecule has 0 aliphatic rings. The molecule has 0 aliphatic carbocycles. The smallest absolute Gasteiger partial charge is 0.120 e. The third-order valence-electron chi connectivity index (χ3n) is 3.46. The summed E-state index contributed by atoms with van der Waals surface area (Å²) < 4.78 is 0. The van der Waals surface area contributed by atoms with Gasteiger partial charge in [0.2, 0.25) is 0 Å². The van der Waals surface area contributed by atoms with Gasteiger partial charge in [-0.1, -0.05) is 29.3 Å². The van der Waals surface area contributed by atoms with Crippen molar-refractivity contribution in [2.75, 3.05) is 11.9 Å². The SMILES string of the molecule is Cc1ccc(N(C)C(C)c2cc(Cl)ccc2O)cc1. The van der Waals surface area contributed by atoms with Crippen molar-refractivity contribution in [1.82, 2.24) is 0 Å². The Morgan fingerprint density at radius 3 is 2.37 bits per heavy atom. The van der Waals surface area contributed by atoms with Crippen molar-refractivity contribution in [1.29, 1.82) is 0 Å². The monoisotopic (exact) mass is 275 g/mol. The minimum Gasteiger partial charge on any atom is -0.508 e. The van der Waals surface area contributed by atoms with Crippen LogP contribution in [0.4, 0.5) is 5.69 Å². The number of rotatable bonds is 3. The molecule has 0 heterocycles. The van der Waals surface area contributed by atoms with E-state index in [0.29, 0.717) is 5.02 Å². The van der Waals surface area contributed by atoms with Crippen LogP contribution < -0.4 is 4.90 Å². The highest BCUT2D eigenvalue weighted by Gasteiger charge is 2.16. The molecule has 1 N–H and O–H groups in total. The van der Waals surface area contributed by atoms with Crippen molar-refractivity contribution in [3.8, 4) is 5.75 Å². The number of benzene rings is 2. The highest BCUT2D eigenvalue weighted by atomic mass is 35.5. The van der Waals surface area contributed by atoms with Crippen molar-refractivity contribution in [3.05, 3.63) is 58.6 Å². The summed E-state index contributed by atoms with van der Waals surface area (Å²) in [4.78, 5) is 2.12. The molecule has 2 aromatic carbocycles. The summed E-state index contributed by atoms with van der Waals surface area (Å²) in [7, 11) is 2.01. The average Bonchev–Trinajstić information content (AvgIpc) is 2.41. The first-order valence-electron chi connectivity index (χ1n) is 6.27. The van der Waals surface area contributed by atoms with Gasteiger partial charge in [0.1, 0.15) is 5.75 Å². The Labute approximate surface area is 119 Å². The van der Waals surface area contributed by atoms with Gasteiger partial charge in [0.05, 0.1) is 6.04 Å². The molecule has 2 aromatic rings. The standard InChI is InChI=1S/C16H18ClNO/c1-11-4-7-14(8-5-11)18(3)12(2)15-10-13(17)6-9-16(15)19/h4-10,12,19H,1-3H3. The first-order chi connectivity index (χ1) is 8.99. The van der Waals surface area contributed by atoms with Gasteiger partial charge in [-0.2, -0.15) is 0 Å². The molecule has 0 fully saturated rings. The molecule has 0 amide bonds. The maximum absolute atomic E-state index is 9.96. The average molecular weight is 276 g/mol. The van der Waals surface area contributed by atoms with Crippen LogP contribution in [0.15, 0.2) is 42.5 Å². The number of hydrogen-bond donors (Lipinski definition) is 1. The van der Waals surface area contributed by atoms with Crippen molar-refractivity contribution in [3.63, 3.8) is 0 Å². The molecule has 3 heteroatoms. The summed E-state index contributed by atoms with van der Waals surface area (Å²) >= 11 is 6.00. The molecule has 1 unspecified atom stereocenters. The lowest BCUT2D eigenvalue weighted by Gasteiger charge is -2.28. The van der Waals surface area contributed by atoms with Crippen molar-refractivity contribution in [2.45, 2.75) is 19.9 Å². The Hall–Kier alpha value is -1.67. The molecule has 0 bridgehead atoms. The number of aryl methyl sites for hydroxylation is 1. The van der Waals surface area contributed by atoms with Gasteiger partial charge < -0.3 is 10.0 Å². The van der Waals surface area contributed by atoms with Gasteiger partial charge in [0.25, 0.3) is 0 Å². The Kier molecular flexibility index (Phi) is 4.01. The Morgan fingerprint density at radius 2 is 1.74 bits per heavy atom. The number of phenolic OH excluding ortho intramolecular Hbond substituents is 1. The second kappa shape index (κ2) is 5.54. The predicted molar refractivity (Wildman–Crippen MR) is 81.1 cm³/mol. The van der Waals surface area contributed by atoms with Crippen LogP contribution in [0.2, 0.25) is 5.02 Å². The second-order valence-electron chi connectivity index (χ2n) is 4.83. The van der Waals surface area contributed by atoms with E-state index in [0.717, 1.165) is 11.3 Å². The number of anilines is 1. The highest BCUT2D eigenvalue weighted by Crippen LogP contribution is 2.32. The zero-order valence-electron chi connectivity index (χ0n) is 11.4. The molecular formula is C16H18ClNO. The lowest BCUT2D eigenvalue weighted by Crippen LogP contribution is -2.21. The van der Waals surface area contributed by atoms with Crippen LogP contribution in [0.5, 0.6) is 5.75 Å². The first-order valence-corrected chi connectivity index (χ1v) is 6.64. The van der Waals surface area contributed by atoms with Gasteiger partial charge in [-0.05, 0) is 44.2 Å². The Morgan fingerprint density at radius 1 is 1.11 bits per heavy atom. The number of aromatic hydroxyl groups is 1. The topological polar surface area (TPSA) is 23.5 Å². The second-order valence-corrected chi connectivity index (χ2v) is 5.26. The third kappa shape index (κ3) is 3.02. The van der Waals surface area contributed by atoms with Gasteiger partial charge >= 0.3 is 0 Å². The molecule has 100 valence electrons. The van der Waals surface area contributed by atoms with E-state index in [4.69, 9.17) is 11.6 Å². The fraction of sp³-hybridized carbons (Fsp3) is 0.250. The minimum absolute atomic E-state index is 0.0430. The molecule has 2 rings (SSSR count). The van der Waals surface area contributed by atoms with Gasteiger partial charge in [0.15, 0.2) is 0 Å². The molecule has 0 aliphatic heterocycles. The summed E-state index contributed by atoms with van der Waals surface area (Å²) in [5.74, 6) is 0.274. The number of halogens is 1. The van der Waals surface area contributed by atoms with Crippen LogP contribution in [-0.4, -0.2) is 12.2 Å². The zero-order valence-corrected chi connectivity index (χ0v) is 12.1. The predicted octanol–water partition coefficient (Wildman–Crippen LogP) is 4.55. The van der Waals surface area contributed by atoms with E-state index in [1.54, 1.807) is 12.1 Å². The molecule has 0 saturated carbocycles. The van der Waals surface area contributed by atoms with E-state index < -0.39 is 0 Å². The third-order valence-corrected chi connectivity index (χ3v) is 3.70. The normalized spacial score (nSPS) is 12.2.